The molecule has 0 saturated carbocycles. The van der Waals surface area contributed by atoms with Gasteiger partial charge in [0.05, 0.1) is 60.4 Å². The molecule has 3 heterocycles. The lowest BCUT2D eigenvalue weighted by molar-refractivity contribution is -0.110. The molecule has 4 rings (SSSR count). The molecule has 8 nitrogen and oxygen atoms in total. The van der Waals surface area contributed by atoms with Crippen LogP contribution >= 0.6 is 0 Å². The van der Waals surface area contributed by atoms with E-state index in [1.807, 2.05) is 0 Å². The molecule has 160 valence electrons. The zero-order chi connectivity index (χ0) is 22.1. The number of anilines is 2. The number of rotatable bonds is 6. The van der Waals surface area contributed by atoms with E-state index in [0.29, 0.717) is 46.2 Å². The number of amides is 1. The molecule has 0 fully saturated rings. The summed E-state index contributed by atoms with van der Waals surface area (Å²) in [5.74, 6) is -0.388. The molecule has 1 aliphatic heterocycles. The normalized spacial score (nSPS) is 15.3. The average Bonchev–Trinajstić information content (AvgIpc) is 3.29. The van der Waals surface area contributed by atoms with E-state index in [-0.39, 0.29) is 11.5 Å². The van der Waals surface area contributed by atoms with Gasteiger partial charge in [0.1, 0.15) is 11.6 Å². The number of hydrogen-bond donors (Lipinski definition) is 3. The second-order valence-corrected chi connectivity index (χ2v) is 7.31. The first-order chi connectivity index (χ1) is 14.9. The van der Waals surface area contributed by atoms with Crippen molar-refractivity contribution in [2.24, 2.45) is 0 Å². The van der Waals surface area contributed by atoms with Crippen molar-refractivity contribution in [3.05, 3.63) is 59.9 Å². The average molecular weight is 423 g/mol. The number of aromatic nitrogens is 3. The van der Waals surface area contributed by atoms with Crippen LogP contribution in [0.2, 0.25) is 0 Å². The smallest absolute Gasteiger partial charge is 0.258 e. The van der Waals surface area contributed by atoms with Gasteiger partial charge in [-0.15, -0.1) is 0 Å². The number of ether oxygens (including phenoxy) is 1. The zero-order valence-corrected chi connectivity index (χ0v) is 17.3. The number of nitrogens with one attached hydrogen (secondary N) is 2. The molecule has 1 aromatic carbocycles. The van der Waals surface area contributed by atoms with Gasteiger partial charge >= 0.3 is 0 Å². The molecule has 0 saturated heterocycles. The molecular formula is C22H22FN5O3. The Hall–Kier alpha value is -3.72. The van der Waals surface area contributed by atoms with Crippen LogP contribution in [0.4, 0.5) is 15.8 Å². The summed E-state index contributed by atoms with van der Waals surface area (Å²) in [5.41, 5.74) is 3.46. The first-order valence-electron chi connectivity index (χ1n) is 9.70. The third kappa shape index (κ3) is 3.99. The van der Waals surface area contributed by atoms with Gasteiger partial charge in [-0.05, 0) is 32.0 Å². The fourth-order valence-corrected chi connectivity index (χ4v) is 3.58. The monoisotopic (exact) mass is 423 g/mol. The Labute approximate surface area is 178 Å². The SMILES string of the molecule is COc1cccc(F)c1-c1cc2c(cn1)NC(=O)/C2=C(/C)Nc1cnn(CC(C)O)c1. The maximum atomic E-state index is 14.5. The molecule has 0 radical (unpaired) electrons. The van der Waals surface area contributed by atoms with Crippen LogP contribution in [-0.2, 0) is 11.3 Å². The van der Waals surface area contributed by atoms with Crippen molar-refractivity contribution in [3.8, 4) is 17.0 Å². The van der Waals surface area contributed by atoms with Gasteiger partial charge < -0.3 is 20.5 Å². The Morgan fingerprint density at radius 3 is 2.94 bits per heavy atom. The third-order valence-electron chi connectivity index (χ3n) is 4.89. The highest BCUT2D eigenvalue weighted by Gasteiger charge is 2.28. The summed E-state index contributed by atoms with van der Waals surface area (Å²) in [6, 6.07) is 6.23. The fourth-order valence-electron chi connectivity index (χ4n) is 3.58. The number of nitrogens with zero attached hydrogens (tertiary/aromatic N) is 3. The summed E-state index contributed by atoms with van der Waals surface area (Å²) in [6.07, 6.45) is 4.34. The number of hydrogen-bond acceptors (Lipinski definition) is 6. The summed E-state index contributed by atoms with van der Waals surface area (Å²) in [4.78, 5) is 17.0. The highest BCUT2D eigenvalue weighted by Crippen LogP contribution is 2.38. The summed E-state index contributed by atoms with van der Waals surface area (Å²) in [7, 11) is 1.47. The lowest BCUT2D eigenvalue weighted by Gasteiger charge is -2.11. The number of aliphatic hydroxyl groups is 1. The van der Waals surface area contributed by atoms with E-state index in [1.54, 1.807) is 49.1 Å². The Morgan fingerprint density at radius 1 is 1.39 bits per heavy atom. The van der Waals surface area contributed by atoms with Crippen molar-refractivity contribution >= 4 is 22.9 Å². The Morgan fingerprint density at radius 2 is 2.19 bits per heavy atom. The van der Waals surface area contributed by atoms with Crippen LogP contribution in [0.3, 0.4) is 0 Å². The molecule has 2 aromatic heterocycles. The maximum Gasteiger partial charge on any atom is 0.258 e. The summed E-state index contributed by atoms with van der Waals surface area (Å²) < 4.78 is 21.4. The minimum atomic E-state index is -0.527. The first-order valence-corrected chi connectivity index (χ1v) is 9.70. The highest BCUT2D eigenvalue weighted by molar-refractivity contribution is 6.32. The van der Waals surface area contributed by atoms with Crippen LogP contribution in [0.25, 0.3) is 16.8 Å². The Kier molecular flexibility index (Phi) is 5.43. The largest absolute Gasteiger partial charge is 0.496 e. The van der Waals surface area contributed by atoms with Gasteiger partial charge in [-0.1, -0.05) is 6.07 Å². The van der Waals surface area contributed by atoms with Gasteiger partial charge in [-0.2, -0.15) is 5.10 Å². The summed E-state index contributed by atoms with van der Waals surface area (Å²) in [6.45, 7) is 3.82. The quantitative estimate of drug-likeness (QED) is 0.526. The van der Waals surface area contributed by atoms with Gasteiger partial charge in [-0.3, -0.25) is 14.5 Å². The van der Waals surface area contributed by atoms with Crippen molar-refractivity contribution in [1.82, 2.24) is 14.8 Å². The zero-order valence-electron chi connectivity index (χ0n) is 17.3. The number of fused-ring (bicyclic) bond motifs is 1. The van der Waals surface area contributed by atoms with Gasteiger partial charge in [0.25, 0.3) is 5.91 Å². The standard InChI is InChI=1S/C22H22FN5O3/c1-12(29)10-28-11-14(8-25-28)26-13(2)20-15-7-17(24-9-18(15)27-22(20)30)21-16(23)5-4-6-19(21)31-3/h4-9,11-12,26,29H,10H2,1-3H3,(H,27,30)/b20-13-. The molecule has 0 bridgehead atoms. The number of halogens is 1. The van der Waals surface area contributed by atoms with E-state index in [0.717, 1.165) is 0 Å². The van der Waals surface area contributed by atoms with Gasteiger partial charge in [0.2, 0.25) is 0 Å². The van der Waals surface area contributed by atoms with Gasteiger partial charge in [0.15, 0.2) is 0 Å². The molecule has 31 heavy (non-hydrogen) atoms. The van der Waals surface area contributed by atoms with Crippen LogP contribution in [0.1, 0.15) is 19.4 Å². The number of pyridine rings is 1. The van der Waals surface area contributed by atoms with Crippen LogP contribution < -0.4 is 15.4 Å². The molecule has 3 aromatic rings. The van der Waals surface area contributed by atoms with Crippen LogP contribution in [0.5, 0.6) is 5.75 Å². The van der Waals surface area contributed by atoms with Crippen molar-refractivity contribution in [1.29, 1.82) is 0 Å². The number of methoxy groups -OCH3 is 1. The molecule has 1 atom stereocenters. The number of aliphatic hydroxyl groups excluding tert-OH is 1. The molecule has 0 spiro atoms. The van der Waals surface area contributed by atoms with E-state index in [9.17, 15) is 14.3 Å². The third-order valence-corrected chi connectivity index (χ3v) is 4.89. The number of allylic oxidation sites excluding steroid dienone is 1. The molecular weight excluding hydrogens is 401 g/mol. The minimum Gasteiger partial charge on any atom is -0.496 e. The predicted molar refractivity (Wildman–Crippen MR) is 115 cm³/mol. The summed E-state index contributed by atoms with van der Waals surface area (Å²) in [5, 5.41) is 19.7. The van der Waals surface area contributed by atoms with E-state index < -0.39 is 11.9 Å². The lowest BCUT2D eigenvalue weighted by Crippen LogP contribution is -2.11. The first kappa shape index (κ1) is 20.5. The molecule has 9 heteroatoms. The molecule has 1 unspecified atom stereocenters. The predicted octanol–water partition coefficient (Wildman–Crippen LogP) is 3.27. The van der Waals surface area contributed by atoms with Gasteiger partial charge in [-0.25, -0.2) is 4.39 Å². The van der Waals surface area contributed by atoms with Gasteiger partial charge in [0, 0.05) is 17.5 Å². The Balaban J connectivity index is 1.72. The second kappa shape index (κ2) is 8.19. The van der Waals surface area contributed by atoms with E-state index in [2.05, 4.69) is 20.7 Å². The van der Waals surface area contributed by atoms with Crippen molar-refractivity contribution < 1.29 is 19.0 Å². The van der Waals surface area contributed by atoms with Crippen LogP contribution in [0.15, 0.2) is 48.6 Å². The highest BCUT2D eigenvalue weighted by atomic mass is 19.1. The van der Waals surface area contributed by atoms with E-state index >= 15 is 0 Å². The molecule has 3 N–H and O–H groups in total. The number of carbonyl (C=O) groups excluding carboxylic acids is 1. The Bertz CT molecular complexity index is 1190. The van der Waals surface area contributed by atoms with Crippen molar-refractivity contribution in [2.45, 2.75) is 26.5 Å². The van der Waals surface area contributed by atoms with E-state index in [4.69, 9.17) is 4.74 Å². The van der Waals surface area contributed by atoms with Crippen LogP contribution in [-0.4, -0.2) is 39.0 Å². The van der Waals surface area contributed by atoms with Crippen LogP contribution in [0, 0.1) is 5.82 Å². The van der Waals surface area contributed by atoms with Crippen molar-refractivity contribution in [2.75, 3.05) is 17.7 Å². The molecule has 0 aliphatic carbocycles. The van der Waals surface area contributed by atoms with Crippen molar-refractivity contribution in [3.63, 3.8) is 0 Å². The lowest BCUT2D eigenvalue weighted by atomic mass is 10.0. The maximum absolute atomic E-state index is 14.5. The molecule has 1 aliphatic rings. The topological polar surface area (TPSA) is 101 Å². The van der Waals surface area contributed by atoms with E-state index in [1.165, 1.54) is 19.4 Å². The minimum absolute atomic E-state index is 0.233. The number of benzene rings is 1. The molecule has 1 amide bonds. The summed E-state index contributed by atoms with van der Waals surface area (Å²) >= 11 is 0. The number of carbonyl (C=O) groups is 1. The second-order valence-electron chi connectivity index (χ2n) is 7.31. The fraction of sp³-hybridized carbons (Fsp3) is 0.227.